The SMILES string of the molecule is CC(C)(C)C(=O)COC(=O)c1cc(S(=O)(=O)N2CCOCC2)ccc1F. The van der Waals surface area contributed by atoms with Crippen molar-refractivity contribution in [2.24, 2.45) is 5.41 Å². The number of esters is 1. The summed E-state index contributed by atoms with van der Waals surface area (Å²) in [6.45, 7) is 5.38. The number of morpholine rings is 1. The van der Waals surface area contributed by atoms with Gasteiger partial charge in [-0.25, -0.2) is 17.6 Å². The highest BCUT2D eigenvalue weighted by Gasteiger charge is 2.29. The molecule has 0 spiro atoms. The van der Waals surface area contributed by atoms with E-state index < -0.39 is 39.4 Å². The summed E-state index contributed by atoms with van der Waals surface area (Å²) >= 11 is 0. The van der Waals surface area contributed by atoms with Crippen molar-refractivity contribution in [3.8, 4) is 0 Å². The van der Waals surface area contributed by atoms with Gasteiger partial charge in [-0.05, 0) is 18.2 Å². The number of hydrogen-bond donors (Lipinski definition) is 0. The van der Waals surface area contributed by atoms with Crippen LogP contribution in [0.5, 0.6) is 0 Å². The van der Waals surface area contributed by atoms with Gasteiger partial charge in [0.1, 0.15) is 5.82 Å². The molecule has 9 heteroatoms. The number of ketones is 1. The van der Waals surface area contributed by atoms with Crippen molar-refractivity contribution in [1.82, 2.24) is 4.31 Å². The summed E-state index contributed by atoms with van der Waals surface area (Å²) in [6.07, 6.45) is 0. The molecule has 1 aliphatic rings. The minimum Gasteiger partial charge on any atom is -0.454 e. The smallest absolute Gasteiger partial charge is 0.341 e. The van der Waals surface area contributed by atoms with Gasteiger partial charge in [0.2, 0.25) is 10.0 Å². The molecule has 0 unspecified atom stereocenters. The zero-order valence-electron chi connectivity index (χ0n) is 15.0. The van der Waals surface area contributed by atoms with Crippen molar-refractivity contribution in [1.29, 1.82) is 0 Å². The fraction of sp³-hybridized carbons (Fsp3) is 0.529. The third-order valence-electron chi connectivity index (χ3n) is 3.94. The number of rotatable bonds is 5. The minimum atomic E-state index is -3.88. The number of carbonyl (C=O) groups excluding carboxylic acids is 2. The molecule has 0 saturated carbocycles. The van der Waals surface area contributed by atoms with Gasteiger partial charge >= 0.3 is 5.97 Å². The molecule has 0 amide bonds. The third kappa shape index (κ3) is 4.66. The van der Waals surface area contributed by atoms with E-state index in [2.05, 4.69) is 0 Å². The lowest BCUT2D eigenvalue weighted by atomic mass is 9.91. The van der Waals surface area contributed by atoms with E-state index >= 15 is 0 Å². The van der Waals surface area contributed by atoms with Gasteiger partial charge < -0.3 is 9.47 Å². The van der Waals surface area contributed by atoms with Crippen LogP contribution in [0.2, 0.25) is 0 Å². The maximum atomic E-state index is 14.0. The molecule has 7 nitrogen and oxygen atoms in total. The molecular weight excluding hydrogens is 365 g/mol. The maximum absolute atomic E-state index is 14.0. The fourth-order valence-electron chi connectivity index (χ4n) is 2.18. The van der Waals surface area contributed by atoms with Crippen LogP contribution in [-0.4, -0.2) is 57.4 Å². The third-order valence-corrected chi connectivity index (χ3v) is 5.83. The Labute approximate surface area is 152 Å². The zero-order valence-corrected chi connectivity index (χ0v) is 15.8. The van der Waals surface area contributed by atoms with Crippen molar-refractivity contribution >= 4 is 21.8 Å². The molecule has 0 aliphatic carbocycles. The Morgan fingerprint density at radius 2 is 1.85 bits per heavy atom. The Kier molecular flexibility index (Phi) is 6.15. The van der Waals surface area contributed by atoms with Crippen molar-refractivity contribution < 1.29 is 31.9 Å². The highest BCUT2D eigenvalue weighted by Crippen LogP contribution is 2.21. The Hall–Kier alpha value is -1.84. The molecule has 144 valence electrons. The molecule has 1 heterocycles. The van der Waals surface area contributed by atoms with Crippen LogP contribution >= 0.6 is 0 Å². The average molecular weight is 387 g/mol. The maximum Gasteiger partial charge on any atom is 0.341 e. The van der Waals surface area contributed by atoms with E-state index in [0.29, 0.717) is 0 Å². The number of ether oxygens (including phenoxy) is 2. The highest BCUT2D eigenvalue weighted by molar-refractivity contribution is 7.89. The topological polar surface area (TPSA) is 90.0 Å². The average Bonchev–Trinajstić information content (AvgIpc) is 2.59. The summed E-state index contributed by atoms with van der Waals surface area (Å²) in [4.78, 5) is 23.7. The summed E-state index contributed by atoms with van der Waals surface area (Å²) < 4.78 is 50.4. The molecule has 1 saturated heterocycles. The van der Waals surface area contributed by atoms with Crippen molar-refractivity contribution in [2.45, 2.75) is 25.7 Å². The molecule has 2 rings (SSSR count). The second kappa shape index (κ2) is 7.81. The van der Waals surface area contributed by atoms with Crippen molar-refractivity contribution in [2.75, 3.05) is 32.9 Å². The van der Waals surface area contributed by atoms with E-state index in [4.69, 9.17) is 9.47 Å². The first-order chi connectivity index (χ1) is 12.0. The molecule has 0 aromatic heterocycles. The number of carbonyl (C=O) groups is 2. The van der Waals surface area contributed by atoms with Crippen LogP contribution in [0.4, 0.5) is 4.39 Å². The van der Waals surface area contributed by atoms with Gasteiger partial charge in [-0.3, -0.25) is 4.79 Å². The van der Waals surface area contributed by atoms with Crippen LogP contribution in [0.1, 0.15) is 31.1 Å². The molecule has 1 aromatic carbocycles. The molecule has 1 fully saturated rings. The number of nitrogens with zero attached hydrogens (tertiary/aromatic N) is 1. The quantitative estimate of drug-likeness (QED) is 0.713. The first kappa shape index (κ1) is 20.5. The lowest BCUT2D eigenvalue weighted by Crippen LogP contribution is -2.40. The van der Waals surface area contributed by atoms with Gasteiger partial charge in [0.05, 0.1) is 23.7 Å². The summed E-state index contributed by atoms with van der Waals surface area (Å²) in [6, 6.07) is 2.93. The van der Waals surface area contributed by atoms with Gasteiger partial charge in [0, 0.05) is 18.5 Å². The Balaban J connectivity index is 2.21. The lowest BCUT2D eigenvalue weighted by Gasteiger charge is -2.26. The highest BCUT2D eigenvalue weighted by atomic mass is 32.2. The Morgan fingerprint density at radius 1 is 1.23 bits per heavy atom. The summed E-state index contributed by atoms with van der Waals surface area (Å²) in [5, 5.41) is 0. The van der Waals surface area contributed by atoms with Crippen LogP contribution < -0.4 is 0 Å². The Morgan fingerprint density at radius 3 is 2.42 bits per heavy atom. The molecule has 0 radical (unpaired) electrons. The van der Waals surface area contributed by atoms with E-state index in [0.717, 1.165) is 18.2 Å². The van der Waals surface area contributed by atoms with Gasteiger partial charge in [-0.15, -0.1) is 0 Å². The molecule has 0 atom stereocenters. The largest absolute Gasteiger partial charge is 0.454 e. The van der Waals surface area contributed by atoms with Crippen LogP contribution in [0.25, 0.3) is 0 Å². The van der Waals surface area contributed by atoms with Gasteiger partial charge in [-0.2, -0.15) is 4.31 Å². The zero-order chi connectivity index (χ0) is 19.5. The predicted molar refractivity (Wildman–Crippen MR) is 90.7 cm³/mol. The number of hydrogen-bond acceptors (Lipinski definition) is 6. The number of sulfonamides is 1. The predicted octanol–water partition coefficient (Wildman–Crippen LogP) is 1.62. The van der Waals surface area contributed by atoms with E-state index in [9.17, 15) is 22.4 Å². The van der Waals surface area contributed by atoms with E-state index in [1.54, 1.807) is 20.8 Å². The molecule has 1 aliphatic heterocycles. The second-order valence-electron chi connectivity index (χ2n) is 6.91. The monoisotopic (exact) mass is 387 g/mol. The summed E-state index contributed by atoms with van der Waals surface area (Å²) in [5.74, 6) is -2.33. The first-order valence-corrected chi connectivity index (χ1v) is 9.55. The standard InChI is InChI=1S/C17H22FNO6S/c1-17(2,3)15(20)11-25-16(21)13-10-12(4-5-14(13)18)26(22,23)19-6-8-24-9-7-19/h4-5,10H,6-9,11H2,1-3H3. The summed E-state index contributed by atoms with van der Waals surface area (Å²) in [7, 11) is -3.88. The van der Waals surface area contributed by atoms with Crippen molar-refractivity contribution in [3.63, 3.8) is 0 Å². The summed E-state index contributed by atoms with van der Waals surface area (Å²) in [5.41, 5.74) is -1.23. The first-order valence-electron chi connectivity index (χ1n) is 8.11. The van der Waals surface area contributed by atoms with Gasteiger partial charge in [0.15, 0.2) is 12.4 Å². The van der Waals surface area contributed by atoms with Crippen LogP contribution in [-0.2, 0) is 24.3 Å². The molecular formula is C17H22FNO6S. The lowest BCUT2D eigenvalue weighted by molar-refractivity contribution is -0.129. The number of benzene rings is 1. The van der Waals surface area contributed by atoms with Gasteiger partial charge in [0.25, 0.3) is 0 Å². The number of Topliss-reactive ketones (excluding diaryl/α,β-unsaturated/α-hetero) is 1. The van der Waals surface area contributed by atoms with E-state index in [-0.39, 0.29) is 37.0 Å². The van der Waals surface area contributed by atoms with Gasteiger partial charge in [-0.1, -0.05) is 20.8 Å². The molecule has 26 heavy (non-hydrogen) atoms. The number of halogens is 1. The second-order valence-corrected chi connectivity index (χ2v) is 8.85. The molecule has 0 N–H and O–H groups in total. The van der Waals surface area contributed by atoms with Crippen LogP contribution in [0, 0.1) is 11.2 Å². The fourth-order valence-corrected chi connectivity index (χ4v) is 3.62. The normalized spacial score (nSPS) is 16.3. The van der Waals surface area contributed by atoms with Crippen LogP contribution in [0.3, 0.4) is 0 Å². The molecule has 1 aromatic rings. The van der Waals surface area contributed by atoms with E-state index in [1.807, 2.05) is 0 Å². The Bertz CT molecular complexity index is 794. The molecule has 0 bridgehead atoms. The van der Waals surface area contributed by atoms with E-state index in [1.165, 1.54) is 4.31 Å². The minimum absolute atomic E-state index is 0.180. The van der Waals surface area contributed by atoms with Crippen LogP contribution in [0.15, 0.2) is 23.1 Å². The van der Waals surface area contributed by atoms with Crippen molar-refractivity contribution in [3.05, 3.63) is 29.6 Å².